The fraction of sp³-hybridized carbons (Fsp3) is 0.588. The third-order valence-corrected chi connectivity index (χ3v) is 4.81. The predicted octanol–water partition coefficient (Wildman–Crippen LogP) is 2.02. The maximum Gasteiger partial charge on any atom is 0.306 e. The number of aliphatic hydroxyl groups excluding tert-OH is 1. The molecule has 1 aromatic carbocycles. The second kappa shape index (κ2) is 6.26. The van der Waals surface area contributed by atoms with Gasteiger partial charge in [0.05, 0.1) is 12.0 Å². The second-order valence-corrected chi connectivity index (χ2v) is 6.46. The molecule has 0 amide bonds. The van der Waals surface area contributed by atoms with Gasteiger partial charge in [-0.1, -0.05) is 12.1 Å². The van der Waals surface area contributed by atoms with Crippen LogP contribution in [-0.4, -0.2) is 34.9 Å². The van der Waals surface area contributed by atoms with Crippen LogP contribution in [0.1, 0.15) is 42.9 Å². The number of carboxylic acids is 1. The van der Waals surface area contributed by atoms with Crippen LogP contribution in [0.2, 0.25) is 0 Å². The number of ether oxygens (including phenoxy) is 1. The van der Waals surface area contributed by atoms with Gasteiger partial charge in [-0.05, 0) is 44.2 Å². The lowest BCUT2D eigenvalue weighted by Crippen LogP contribution is -2.48. The van der Waals surface area contributed by atoms with Gasteiger partial charge < -0.3 is 20.3 Å². The molecule has 5 nitrogen and oxygen atoms in total. The Balaban J connectivity index is 1.60. The van der Waals surface area contributed by atoms with Crippen LogP contribution in [0.15, 0.2) is 18.2 Å². The minimum absolute atomic E-state index is 0.137. The molecule has 5 heteroatoms. The number of nitrogens with one attached hydrogen (secondary N) is 1. The van der Waals surface area contributed by atoms with E-state index in [0.29, 0.717) is 19.4 Å². The average molecular weight is 305 g/mol. The molecule has 3 N–H and O–H groups in total. The molecule has 0 spiro atoms. The Kier molecular flexibility index (Phi) is 4.36. The topological polar surface area (TPSA) is 78.8 Å². The van der Waals surface area contributed by atoms with E-state index in [-0.39, 0.29) is 18.0 Å². The van der Waals surface area contributed by atoms with Crippen LogP contribution < -0.4 is 10.1 Å². The summed E-state index contributed by atoms with van der Waals surface area (Å²) in [5.41, 5.74) is 1.94. The van der Waals surface area contributed by atoms with E-state index in [2.05, 4.69) is 5.32 Å². The molecule has 22 heavy (non-hydrogen) atoms. The SMILES string of the molecule is Cc1ccc2c(c1)OC[C@@H](NC1CCC(C(=O)O)CC1)[C@H]2O. The summed E-state index contributed by atoms with van der Waals surface area (Å²) >= 11 is 0. The van der Waals surface area contributed by atoms with Gasteiger partial charge in [-0.15, -0.1) is 0 Å². The number of fused-ring (bicyclic) bond motifs is 1. The number of hydrogen-bond acceptors (Lipinski definition) is 4. The molecule has 1 aliphatic carbocycles. The zero-order valence-corrected chi connectivity index (χ0v) is 12.8. The van der Waals surface area contributed by atoms with E-state index in [9.17, 15) is 9.90 Å². The summed E-state index contributed by atoms with van der Waals surface area (Å²) in [6, 6.07) is 5.97. The highest BCUT2D eigenvalue weighted by Crippen LogP contribution is 2.34. The first-order chi connectivity index (χ1) is 10.5. The van der Waals surface area contributed by atoms with Gasteiger partial charge >= 0.3 is 5.97 Å². The van der Waals surface area contributed by atoms with Crippen molar-refractivity contribution >= 4 is 5.97 Å². The summed E-state index contributed by atoms with van der Waals surface area (Å²) < 4.78 is 5.77. The minimum atomic E-state index is -0.691. The van der Waals surface area contributed by atoms with Crippen molar-refractivity contribution in [3.8, 4) is 5.75 Å². The van der Waals surface area contributed by atoms with E-state index in [0.717, 1.165) is 29.7 Å². The van der Waals surface area contributed by atoms with Crippen LogP contribution in [0.3, 0.4) is 0 Å². The van der Waals surface area contributed by atoms with E-state index in [1.165, 1.54) is 0 Å². The summed E-state index contributed by atoms with van der Waals surface area (Å²) in [4.78, 5) is 11.0. The Morgan fingerprint density at radius 2 is 2.00 bits per heavy atom. The highest BCUT2D eigenvalue weighted by Gasteiger charge is 2.33. The van der Waals surface area contributed by atoms with Gasteiger partial charge in [0.15, 0.2) is 0 Å². The van der Waals surface area contributed by atoms with Crippen molar-refractivity contribution in [2.24, 2.45) is 5.92 Å². The standard InChI is InChI=1S/C17H23NO4/c1-10-2-7-13-15(8-10)22-9-14(16(13)19)18-12-5-3-11(4-6-12)17(20)21/h2,7-8,11-12,14,16,18-19H,3-6,9H2,1H3,(H,20,21)/t11?,12?,14-,16+/m1/s1. The van der Waals surface area contributed by atoms with Crippen LogP contribution in [0, 0.1) is 12.8 Å². The largest absolute Gasteiger partial charge is 0.491 e. The molecule has 2 aliphatic rings. The van der Waals surface area contributed by atoms with E-state index >= 15 is 0 Å². The summed E-state index contributed by atoms with van der Waals surface area (Å²) in [6.07, 6.45) is 2.49. The number of carboxylic acid groups (broad SMARTS) is 1. The number of rotatable bonds is 3. The van der Waals surface area contributed by atoms with Crippen LogP contribution in [-0.2, 0) is 4.79 Å². The lowest BCUT2D eigenvalue weighted by molar-refractivity contribution is -0.142. The quantitative estimate of drug-likeness (QED) is 0.796. The third-order valence-electron chi connectivity index (χ3n) is 4.81. The Labute approximate surface area is 130 Å². The van der Waals surface area contributed by atoms with Crippen molar-refractivity contribution < 1.29 is 19.7 Å². The molecule has 3 rings (SSSR count). The van der Waals surface area contributed by atoms with Crippen molar-refractivity contribution in [3.63, 3.8) is 0 Å². The maximum atomic E-state index is 11.0. The van der Waals surface area contributed by atoms with Gasteiger partial charge in [0.1, 0.15) is 18.5 Å². The normalized spacial score (nSPS) is 31.2. The molecular weight excluding hydrogens is 282 g/mol. The molecule has 0 radical (unpaired) electrons. The maximum absolute atomic E-state index is 11.0. The summed E-state index contributed by atoms with van der Waals surface area (Å²) in [5, 5.41) is 23.0. The number of aliphatic carboxylic acids is 1. The average Bonchev–Trinajstić information content (AvgIpc) is 2.50. The van der Waals surface area contributed by atoms with Crippen LogP contribution >= 0.6 is 0 Å². The summed E-state index contributed by atoms with van der Waals surface area (Å²) in [6.45, 7) is 2.44. The monoisotopic (exact) mass is 305 g/mol. The number of carbonyl (C=O) groups is 1. The molecule has 1 heterocycles. The number of aliphatic hydroxyl groups is 1. The van der Waals surface area contributed by atoms with Gasteiger partial charge in [-0.3, -0.25) is 4.79 Å². The predicted molar refractivity (Wildman–Crippen MR) is 81.9 cm³/mol. The van der Waals surface area contributed by atoms with E-state index in [1.807, 2.05) is 25.1 Å². The van der Waals surface area contributed by atoms with Crippen molar-refractivity contribution in [2.75, 3.05) is 6.61 Å². The first-order valence-electron chi connectivity index (χ1n) is 7.95. The van der Waals surface area contributed by atoms with E-state index in [1.54, 1.807) is 0 Å². The number of benzene rings is 1. The Bertz CT molecular complexity index is 552. The fourth-order valence-electron chi connectivity index (χ4n) is 3.45. The Morgan fingerprint density at radius 3 is 2.68 bits per heavy atom. The molecular formula is C17H23NO4. The van der Waals surface area contributed by atoms with Gasteiger partial charge in [0.2, 0.25) is 0 Å². The van der Waals surface area contributed by atoms with Crippen molar-refractivity contribution in [1.29, 1.82) is 0 Å². The molecule has 0 unspecified atom stereocenters. The molecule has 1 saturated carbocycles. The third kappa shape index (κ3) is 3.10. The number of hydrogen-bond donors (Lipinski definition) is 3. The molecule has 1 aliphatic heterocycles. The molecule has 0 bridgehead atoms. The lowest BCUT2D eigenvalue weighted by Gasteiger charge is -2.36. The van der Waals surface area contributed by atoms with Crippen LogP contribution in [0.4, 0.5) is 0 Å². The van der Waals surface area contributed by atoms with Gasteiger partial charge in [-0.2, -0.15) is 0 Å². The van der Waals surface area contributed by atoms with Crippen molar-refractivity contribution in [1.82, 2.24) is 5.32 Å². The first kappa shape index (κ1) is 15.3. The van der Waals surface area contributed by atoms with Crippen molar-refractivity contribution in [3.05, 3.63) is 29.3 Å². The Hall–Kier alpha value is -1.59. The molecule has 0 saturated heterocycles. The fourth-order valence-corrected chi connectivity index (χ4v) is 3.45. The Morgan fingerprint density at radius 1 is 1.27 bits per heavy atom. The highest BCUT2D eigenvalue weighted by molar-refractivity contribution is 5.70. The smallest absolute Gasteiger partial charge is 0.306 e. The minimum Gasteiger partial charge on any atom is -0.491 e. The molecule has 2 atom stereocenters. The van der Waals surface area contributed by atoms with Gasteiger partial charge in [0.25, 0.3) is 0 Å². The molecule has 1 aromatic rings. The van der Waals surface area contributed by atoms with E-state index < -0.39 is 12.1 Å². The van der Waals surface area contributed by atoms with Crippen molar-refractivity contribution in [2.45, 2.75) is 50.8 Å². The summed E-state index contributed by atoms with van der Waals surface area (Å²) in [7, 11) is 0. The highest BCUT2D eigenvalue weighted by atomic mass is 16.5. The molecule has 120 valence electrons. The second-order valence-electron chi connectivity index (χ2n) is 6.46. The van der Waals surface area contributed by atoms with E-state index in [4.69, 9.17) is 9.84 Å². The van der Waals surface area contributed by atoms with Crippen LogP contribution in [0.5, 0.6) is 5.75 Å². The molecule has 1 fully saturated rings. The lowest BCUT2D eigenvalue weighted by atomic mass is 9.85. The zero-order chi connectivity index (χ0) is 15.7. The number of aryl methyl sites for hydroxylation is 1. The summed E-state index contributed by atoms with van der Waals surface area (Å²) in [5.74, 6) is -0.141. The van der Waals surface area contributed by atoms with Gasteiger partial charge in [-0.25, -0.2) is 0 Å². The first-order valence-corrected chi connectivity index (χ1v) is 7.95. The molecule has 0 aromatic heterocycles. The zero-order valence-electron chi connectivity index (χ0n) is 12.8. The van der Waals surface area contributed by atoms with Crippen LogP contribution in [0.25, 0.3) is 0 Å². The van der Waals surface area contributed by atoms with Gasteiger partial charge in [0, 0.05) is 11.6 Å².